The van der Waals surface area contributed by atoms with E-state index < -0.39 is 27.2 Å². The van der Waals surface area contributed by atoms with E-state index in [2.05, 4.69) is 4.72 Å². The first kappa shape index (κ1) is 18.7. The second kappa shape index (κ2) is 6.71. The van der Waals surface area contributed by atoms with Gasteiger partial charge in [-0.15, -0.1) is 0 Å². The van der Waals surface area contributed by atoms with Gasteiger partial charge in [0.2, 0.25) is 5.25 Å². The quantitative estimate of drug-likeness (QED) is 0.757. The highest BCUT2D eigenvalue weighted by atomic mass is 32.2. The summed E-state index contributed by atoms with van der Waals surface area (Å²) in [6, 6.07) is 3.95. The number of sulfonamides is 1. The predicted molar refractivity (Wildman–Crippen MR) is 90.9 cm³/mol. The normalized spacial score (nSPS) is 18.4. The van der Waals surface area contributed by atoms with Crippen molar-refractivity contribution in [2.45, 2.75) is 12.2 Å². The van der Waals surface area contributed by atoms with Gasteiger partial charge in [-0.05, 0) is 19.1 Å². The minimum atomic E-state index is -4.17. The van der Waals surface area contributed by atoms with Crippen LogP contribution in [0.15, 0.2) is 18.2 Å². The van der Waals surface area contributed by atoms with E-state index in [1.807, 2.05) is 0 Å². The average molecular weight is 370 g/mol. The number of hydrogen-bond donors (Lipinski definition) is 1. The second-order valence-corrected chi connectivity index (χ2v) is 7.24. The maximum Gasteiger partial charge on any atom is 0.500 e. The number of urea groups is 1. The van der Waals surface area contributed by atoms with Crippen LogP contribution in [-0.2, 0) is 14.8 Å². The summed E-state index contributed by atoms with van der Waals surface area (Å²) in [6.07, 6.45) is 0. The summed E-state index contributed by atoms with van der Waals surface area (Å²) in [7, 11) is 1.34. The Kier molecular flexibility index (Phi) is 5.02. The van der Waals surface area contributed by atoms with Crippen molar-refractivity contribution in [3.05, 3.63) is 18.2 Å². The molecule has 1 unspecified atom stereocenters. The van der Waals surface area contributed by atoms with Crippen molar-refractivity contribution >= 4 is 33.4 Å². The molecule has 25 heavy (non-hydrogen) atoms. The number of anilines is 1. The number of methoxy groups -OCH3 is 2. The molecule has 10 heteroatoms. The molecule has 1 N–H and O–H groups in total. The molecule has 0 saturated heterocycles. The number of amides is 3. The first-order chi connectivity index (χ1) is 11.6. The fourth-order valence-corrected chi connectivity index (χ4v) is 4.08. The van der Waals surface area contributed by atoms with Gasteiger partial charge in [-0.2, -0.15) is 14.3 Å². The Balaban J connectivity index is 2.46. The Morgan fingerprint density at radius 2 is 1.84 bits per heavy atom. The minimum Gasteiger partial charge on any atom is -0.497 e. The predicted octanol–water partition coefficient (Wildman–Crippen LogP) is 0.509. The van der Waals surface area contributed by atoms with Crippen molar-refractivity contribution < 1.29 is 32.1 Å². The zero-order valence-corrected chi connectivity index (χ0v) is 15.4. The van der Waals surface area contributed by atoms with Crippen LogP contribution in [0, 0.1) is 0 Å². The number of nitrogens with zero attached hydrogens (tertiary/aromatic N) is 2. The van der Waals surface area contributed by atoms with Gasteiger partial charge in [0.1, 0.15) is 17.2 Å². The SMILES string of the molecule is COc1ccc(NS(=O)(=O)C2C(=O)N(C)C(=O)[N+](C)=C2C)c(OC)c1. The largest absolute Gasteiger partial charge is 0.500 e. The zero-order valence-electron chi connectivity index (χ0n) is 14.6. The van der Waals surface area contributed by atoms with Crippen LogP contribution in [-0.4, -0.2) is 69.1 Å². The van der Waals surface area contributed by atoms with Gasteiger partial charge in [-0.1, -0.05) is 0 Å². The molecule has 0 aromatic heterocycles. The fraction of sp³-hybridized carbons (Fsp3) is 0.400. The number of benzene rings is 1. The number of nitrogens with one attached hydrogen (secondary N) is 1. The van der Waals surface area contributed by atoms with E-state index in [4.69, 9.17) is 9.47 Å². The molecule has 0 spiro atoms. The Labute approximate surface area is 145 Å². The van der Waals surface area contributed by atoms with E-state index in [9.17, 15) is 18.0 Å². The first-order valence-electron chi connectivity index (χ1n) is 7.26. The van der Waals surface area contributed by atoms with Gasteiger partial charge in [0.25, 0.3) is 10.0 Å². The third-order valence-electron chi connectivity index (χ3n) is 4.01. The Hall–Kier alpha value is -2.62. The second-order valence-electron chi connectivity index (χ2n) is 5.47. The molecule has 1 atom stereocenters. The molecular formula is C15H20N3O6S+. The third kappa shape index (κ3) is 3.29. The summed E-state index contributed by atoms with van der Waals surface area (Å²) >= 11 is 0. The molecule has 136 valence electrons. The average Bonchev–Trinajstić information content (AvgIpc) is 2.58. The summed E-state index contributed by atoms with van der Waals surface area (Å²) in [5.74, 6) is -0.0939. The van der Waals surface area contributed by atoms with Crippen molar-refractivity contribution in [2.24, 2.45) is 0 Å². The number of hydrogen-bond acceptors (Lipinski definition) is 6. The monoisotopic (exact) mass is 370 g/mol. The Morgan fingerprint density at radius 3 is 2.40 bits per heavy atom. The highest BCUT2D eigenvalue weighted by Crippen LogP contribution is 2.30. The topological polar surface area (TPSA) is 105 Å². The molecule has 9 nitrogen and oxygen atoms in total. The maximum absolute atomic E-state index is 12.8. The first-order valence-corrected chi connectivity index (χ1v) is 8.81. The molecule has 0 fully saturated rings. The molecule has 1 aromatic carbocycles. The summed E-state index contributed by atoms with van der Waals surface area (Å²) in [5, 5.41) is -1.52. The number of carbonyl (C=O) groups excluding carboxylic acids is 2. The standard InChI is InChI=1S/C15H20N3O6S/c1-9-13(14(19)18(3)15(20)17(9)2)25(21,22)16-11-7-6-10(23-4)8-12(11)24-5/h6-8,13,16H,1-5H3/q+1. The molecule has 1 aliphatic heterocycles. The summed E-state index contributed by atoms with van der Waals surface area (Å²) in [4.78, 5) is 25.1. The van der Waals surface area contributed by atoms with E-state index in [-0.39, 0.29) is 17.1 Å². The van der Waals surface area contributed by atoms with Crippen LogP contribution >= 0.6 is 0 Å². The van der Waals surface area contributed by atoms with Crippen LogP contribution in [0.4, 0.5) is 10.5 Å². The van der Waals surface area contributed by atoms with Crippen LogP contribution in [0.3, 0.4) is 0 Å². The fourth-order valence-electron chi connectivity index (χ4n) is 2.45. The lowest BCUT2D eigenvalue weighted by molar-refractivity contribution is -0.405. The van der Waals surface area contributed by atoms with Gasteiger partial charge >= 0.3 is 11.9 Å². The molecule has 1 heterocycles. The lowest BCUT2D eigenvalue weighted by Crippen LogP contribution is -2.57. The van der Waals surface area contributed by atoms with Crippen molar-refractivity contribution in [2.75, 3.05) is 33.0 Å². The molecule has 2 rings (SSSR count). The molecule has 1 aliphatic rings. The van der Waals surface area contributed by atoms with Crippen molar-refractivity contribution in [1.82, 2.24) is 4.90 Å². The summed E-state index contributed by atoms with van der Waals surface area (Å²) in [6.45, 7) is 1.43. The van der Waals surface area contributed by atoms with E-state index in [0.29, 0.717) is 5.75 Å². The molecule has 1 aromatic rings. The highest BCUT2D eigenvalue weighted by Gasteiger charge is 2.50. The van der Waals surface area contributed by atoms with Gasteiger partial charge in [-0.25, -0.2) is 13.2 Å². The van der Waals surface area contributed by atoms with E-state index in [1.54, 1.807) is 6.07 Å². The van der Waals surface area contributed by atoms with Crippen molar-refractivity contribution in [1.29, 1.82) is 0 Å². The molecule has 0 bridgehead atoms. The zero-order chi connectivity index (χ0) is 18.9. The van der Waals surface area contributed by atoms with Crippen LogP contribution in [0.25, 0.3) is 0 Å². The van der Waals surface area contributed by atoms with Crippen molar-refractivity contribution in [3.8, 4) is 11.5 Å². The lowest BCUT2D eigenvalue weighted by Gasteiger charge is -2.24. The van der Waals surface area contributed by atoms with Crippen molar-refractivity contribution in [3.63, 3.8) is 0 Å². The van der Waals surface area contributed by atoms with Crippen LogP contribution in [0.1, 0.15) is 6.92 Å². The Bertz CT molecular complexity index is 862. The van der Waals surface area contributed by atoms with Gasteiger partial charge < -0.3 is 9.47 Å². The maximum atomic E-state index is 12.8. The van der Waals surface area contributed by atoms with Crippen LogP contribution in [0.5, 0.6) is 11.5 Å². The molecule has 0 radical (unpaired) electrons. The van der Waals surface area contributed by atoms with Crippen LogP contribution in [0.2, 0.25) is 0 Å². The smallest absolute Gasteiger partial charge is 0.497 e. The van der Waals surface area contributed by atoms with Gasteiger partial charge in [-0.3, -0.25) is 4.72 Å². The van der Waals surface area contributed by atoms with Gasteiger partial charge in [0, 0.05) is 6.07 Å². The number of carbonyl (C=O) groups is 2. The molecule has 0 aliphatic carbocycles. The number of rotatable bonds is 5. The Morgan fingerprint density at radius 1 is 1.20 bits per heavy atom. The molecule has 3 amide bonds. The summed E-state index contributed by atoms with van der Waals surface area (Å²) in [5.41, 5.74) is 0.277. The van der Waals surface area contributed by atoms with Gasteiger partial charge in [0.05, 0.1) is 34.0 Å². The van der Waals surface area contributed by atoms with E-state index >= 15 is 0 Å². The lowest BCUT2D eigenvalue weighted by atomic mass is 10.2. The van der Waals surface area contributed by atoms with E-state index in [1.165, 1.54) is 47.4 Å². The molecular weight excluding hydrogens is 350 g/mol. The molecule has 0 saturated carbocycles. The minimum absolute atomic E-state index is 0.119. The van der Waals surface area contributed by atoms with Gasteiger partial charge in [0.15, 0.2) is 0 Å². The summed E-state index contributed by atoms with van der Waals surface area (Å²) < 4.78 is 39.3. The number of ether oxygens (including phenoxy) is 2. The van der Waals surface area contributed by atoms with Crippen LogP contribution < -0.4 is 14.2 Å². The third-order valence-corrected chi connectivity index (χ3v) is 5.68. The highest BCUT2D eigenvalue weighted by molar-refractivity contribution is 7.94. The number of imide groups is 1. The van der Waals surface area contributed by atoms with E-state index in [0.717, 1.165) is 9.48 Å².